The van der Waals surface area contributed by atoms with Gasteiger partial charge in [-0.2, -0.15) is 0 Å². The molecule has 0 aliphatic carbocycles. The standard InChI is InChI=1S/C12H14I2O2/c13-6-12(7-14)8-15-11(16-9-12)10-4-2-1-3-5-10/h1-5,11H,6-9H2. The van der Waals surface area contributed by atoms with Crippen molar-refractivity contribution in [2.45, 2.75) is 6.29 Å². The van der Waals surface area contributed by atoms with Crippen molar-refractivity contribution in [3.8, 4) is 0 Å². The number of rotatable bonds is 3. The summed E-state index contributed by atoms with van der Waals surface area (Å²) in [5.41, 5.74) is 1.31. The summed E-state index contributed by atoms with van der Waals surface area (Å²) in [5, 5.41) is 0. The van der Waals surface area contributed by atoms with Crippen LogP contribution in [-0.2, 0) is 9.47 Å². The van der Waals surface area contributed by atoms with Crippen LogP contribution in [0.4, 0.5) is 0 Å². The zero-order valence-corrected chi connectivity index (χ0v) is 13.2. The molecule has 4 heteroatoms. The van der Waals surface area contributed by atoms with Crippen molar-refractivity contribution in [1.82, 2.24) is 0 Å². The van der Waals surface area contributed by atoms with Gasteiger partial charge < -0.3 is 9.47 Å². The lowest BCUT2D eigenvalue weighted by Crippen LogP contribution is -2.41. The summed E-state index contributed by atoms with van der Waals surface area (Å²) in [7, 11) is 0. The van der Waals surface area contributed by atoms with Gasteiger partial charge in [-0.15, -0.1) is 0 Å². The molecule has 0 amide bonds. The van der Waals surface area contributed by atoms with Crippen molar-refractivity contribution in [1.29, 1.82) is 0 Å². The number of alkyl halides is 2. The van der Waals surface area contributed by atoms with Gasteiger partial charge in [-0.05, 0) is 0 Å². The molecule has 0 aromatic heterocycles. The Kier molecular flexibility index (Phi) is 4.87. The molecule has 2 rings (SSSR count). The molecular formula is C12H14I2O2. The molecule has 88 valence electrons. The Morgan fingerprint density at radius 1 is 1.06 bits per heavy atom. The van der Waals surface area contributed by atoms with E-state index in [0.717, 1.165) is 27.6 Å². The fraction of sp³-hybridized carbons (Fsp3) is 0.500. The monoisotopic (exact) mass is 444 g/mol. The average Bonchev–Trinajstić information content (AvgIpc) is 2.40. The zero-order chi connectivity index (χ0) is 11.4. The number of ether oxygens (including phenoxy) is 2. The molecule has 0 atom stereocenters. The van der Waals surface area contributed by atoms with E-state index in [1.165, 1.54) is 0 Å². The van der Waals surface area contributed by atoms with Gasteiger partial charge in [0.25, 0.3) is 0 Å². The maximum Gasteiger partial charge on any atom is 0.183 e. The minimum absolute atomic E-state index is 0.180. The quantitative estimate of drug-likeness (QED) is 0.525. The summed E-state index contributed by atoms with van der Waals surface area (Å²) in [6.07, 6.45) is -0.180. The summed E-state index contributed by atoms with van der Waals surface area (Å²) in [5.74, 6) is 0. The summed E-state index contributed by atoms with van der Waals surface area (Å²) in [4.78, 5) is 0. The van der Waals surface area contributed by atoms with E-state index in [1.807, 2.05) is 30.3 Å². The molecule has 0 N–H and O–H groups in total. The van der Waals surface area contributed by atoms with Crippen LogP contribution in [-0.4, -0.2) is 22.1 Å². The van der Waals surface area contributed by atoms with E-state index in [1.54, 1.807) is 0 Å². The smallest absolute Gasteiger partial charge is 0.183 e. The molecule has 0 unspecified atom stereocenters. The number of hydrogen-bond acceptors (Lipinski definition) is 2. The molecule has 1 saturated heterocycles. The van der Waals surface area contributed by atoms with Gasteiger partial charge in [-0.3, -0.25) is 0 Å². The molecule has 0 bridgehead atoms. The Morgan fingerprint density at radius 2 is 1.62 bits per heavy atom. The number of benzene rings is 1. The molecule has 1 aliphatic rings. The summed E-state index contributed by atoms with van der Waals surface area (Å²) in [6, 6.07) is 10.1. The van der Waals surface area contributed by atoms with Gasteiger partial charge in [0.1, 0.15) is 0 Å². The van der Waals surface area contributed by atoms with Gasteiger partial charge in [0.2, 0.25) is 0 Å². The second-order valence-electron chi connectivity index (χ2n) is 4.13. The van der Waals surface area contributed by atoms with Gasteiger partial charge in [0.05, 0.1) is 13.2 Å². The van der Waals surface area contributed by atoms with E-state index in [9.17, 15) is 0 Å². The van der Waals surface area contributed by atoms with E-state index >= 15 is 0 Å². The molecule has 2 nitrogen and oxygen atoms in total. The molecule has 0 radical (unpaired) electrons. The van der Waals surface area contributed by atoms with E-state index in [4.69, 9.17) is 9.47 Å². The maximum absolute atomic E-state index is 5.83. The largest absolute Gasteiger partial charge is 0.348 e. The lowest BCUT2D eigenvalue weighted by Gasteiger charge is -2.37. The van der Waals surface area contributed by atoms with Crippen molar-refractivity contribution in [2.75, 3.05) is 22.1 Å². The van der Waals surface area contributed by atoms with Crippen molar-refractivity contribution in [3.63, 3.8) is 0 Å². The van der Waals surface area contributed by atoms with Crippen molar-refractivity contribution >= 4 is 45.2 Å². The highest BCUT2D eigenvalue weighted by Crippen LogP contribution is 2.34. The van der Waals surface area contributed by atoms with E-state index in [-0.39, 0.29) is 11.7 Å². The normalized spacial score (nSPS) is 20.9. The first-order valence-electron chi connectivity index (χ1n) is 5.20. The highest BCUT2D eigenvalue weighted by atomic mass is 127. The van der Waals surface area contributed by atoms with Crippen LogP contribution >= 0.6 is 45.2 Å². The highest BCUT2D eigenvalue weighted by Gasteiger charge is 2.35. The number of halogens is 2. The van der Waals surface area contributed by atoms with Crippen LogP contribution in [0.15, 0.2) is 30.3 Å². The van der Waals surface area contributed by atoms with Crippen LogP contribution in [0.2, 0.25) is 0 Å². The lowest BCUT2D eigenvalue weighted by molar-refractivity contribution is -0.222. The third-order valence-corrected chi connectivity index (χ3v) is 5.96. The third-order valence-electron chi connectivity index (χ3n) is 2.72. The third kappa shape index (κ3) is 2.88. The van der Waals surface area contributed by atoms with Gasteiger partial charge in [-0.25, -0.2) is 0 Å². The Morgan fingerprint density at radius 3 is 2.12 bits per heavy atom. The summed E-state index contributed by atoms with van der Waals surface area (Å²) < 4.78 is 13.8. The summed E-state index contributed by atoms with van der Waals surface area (Å²) in [6.45, 7) is 1.58. The molecule has 16 heavy (non-hydrogen) atoms. The maximum atomic E-state index is 5.83. The Hall–Kier alpha value is 0.600. The first-order chi connectivity index (χ1) is 7.79. The van der Waals surface area contributed by atoms with Crippen LogP contribution in [0, 0.1) is 5.41 Å². The van der Waals surface area contributed by atoms with E-state index in [2.05, 4.69) is 45.2 Å². The molecule has 1 heterocycles. The van der Waals surface area contributed by atoms with Gasteiger partial charge in [0.15, 0.2) is 6.29 Å². The van der Waals surface area contributed by atoms with Crippen LogP contribution < -0.4 is 0 Å². The second kappa shape index (κ2) is 5.97. The summed E-state index contributed by atoms with van der Waals surface area (Å²) >= 11 is 4.83. The fourth-order valence-electron chi connectivity index (χ4n) is 1.59. The van der Waals surface area contributed by atoms with Crippen LogP contribution in [0.3, 0.4) is 0 Å². The predicted octanol–water partition coefficient (Wildman–Crippen LogP) is 3.59. The minimum atomic E-state index is -0.180. The van der Waals surface area contributed by atoms with E-state index < -0.39 is 0 Å². The zero-order valence-electron chi connectivity index (χ0n) is 8.86. The molecule has 1 fully saturated rings. The Bertz CT molecular complexity index is 315. The van der Waals surface area contributed by atoms with Crippen molar-refractivity contribution < 1.29 is 9.47 Å². The number of hydrogen-bond donors (Lipinski definition) is 0. The first kappa shape index (κ1) is 13.0. The van der Waals surface area contributed by atoms with Crippen LogP contribution in [0.1, 0.15) is 11.9 Å². The van der Waals surface area contributed by atoms with Gasteiger partial charge in [0, 0.05) is 19.8 Å². The Labute approximate surface area is 123 Å². The second-order valence-corrected chi connectivity index (χ2v) is 5.66. The van der Waals surface area contributed by atoms with E-state index in [0.29, 0.717) is 0 Å². The molecular weight excluding hydrogens is 430 g/mol. The minimum Gasteiger partial charge on any atom is -0.348 e. The topological polar surface area (TPSA) is 18.5 Å². The lowest BCUT2D eigenvalue weighted by atomic mass is 9.95. The fourth-order valence-corrected chi connectivity index (χ4v) is 4.04. The molecule has 1 aliphatic heterocycles. The molecule has 1 aromatic rings. The SMILES string of the molecule is ICC1(CI)COC(c2ccccc2)OC1. The molecule has 1 aromatic carbocycles. The van der Waals surface area contributed by atoms with Crippen LogP contribution in [0.5, 0.6) is 0 Å². The first-order valence-corrected chi connectivity index (χ1v) is 8.25. The van der Waals surface area contributed by atoms with Gasteiger partial charge in [-0.1, -0.05) is 75.5 Å². The van der Waals surface area contributed by atoms with Gasteiger partial charge >= 0.3 is 0 Å². The average molecular weight is 444 g/mol. The molecule has 0 spiro atoms. The van der Waals surface area contributed by atoms with Crippen LogP contribution in [0.25, 0.3) is 0 Å². The Balaban J connectivity index is 2.00. The van der Waals surface area contributed by atoms with Crippen molar-refractivity contribution in [2.24, 2.45) is 5.41 Å². The molecule has 0 saturated carbocycles. The predicted molar refractivity (Wildman–Crippen MR) is 81.3 cm³/mol. The van der Waals surface area contributed by atoms with Crippen molar-refractivity contribution in [3.05, 3.63) is 35.9 Å². The highest BCUT2D eigenvalue weighted by molar-refractivity contribution is 14.1.